The van der Waals surface area contributed by atoms with Crippen LogP contribution in [-0.4, -0.2) is 24.8 Å². The van der Waals surface area contributed by atoms with Crippen molar-refractivity contribution in [2.45, 2.75) is 89.2 Å². The predicted molar refractivity (Wildman–Crippen MR) is 83.9 cm³/mol. The van der Waals surface area contributed by atoms with Gasteiger partial charge in [-0.3, -0.25) is 0 Å². The average molecular weight is 279 g/mol. The number of ether oxygens (including phenoxy) is 1. The third kappa shape index (κ3) is 3.22. The molecule has 3 fully saturated rings. The second-order valence-corrected chi connectivity index (χ2v) is 7.47. The normalized spacial score (nSPS) is 32.5. The molecule has 2 aliphatic carbocycles. The van der Waals surface area contributed by atoms with Crippen molar-refractivity contribution in [2.75, 3.05) is 13.2 Å². The summed E-state index contributed by atoms with van der Waals surface area (Å²) < 4.78 is 6.30. The first-order chi connectivity index (χ1) is 9.83. The molecule has 1 N–H and O–H groups in total. The van der Waals surface area contributed by atoms with E-state index in [0.717, 1.165) is 31.0 Å². The number of hydrogen-bond donors (Lipinski definition) is 1. The lowest BCUT2D eigenvalue weighted by Crippen LogP contribution is -2.50. The highest BCUT2D eigenvalue weighted by atomic mass is 16.5. The van der Waals surface area contributed by atoms with Gasteiger partial charge in [0.15, 0.2) is 0 Å². The Morgan fingerprint density at radius 2 is 1.75 bits per heavy atom. The fraction of sp³-hybridized carbons (Fsp3) is 1.00. The van der Waals surface area contributed by atoms with Gasteiger partial charge < -0.3 is 10.1 Å². The van der Waals surface area contributed by atoms with Gasteiger partial charge >= 0.3 is 0 Å². The zero-order valence-corrected chi connectivity index (χ0v) is 13.3. The Morgan fingerprint density at radius 1 is 1.00 bits per heavy atom. The summed E-state index contributed by atoms with van der Waals surface area (Å²) in [5, 5.41) is 3.86. The lowest BCUT2D eigenvalue weighted by Gasteiger charge is -2.46. The van der Waals surface area contributed by atoms with Crippen molar-refractivity contribution in [1.29, 1.82) is 0 Å². The zero-order valence-electron chi connectivity index (χ0n) is 13.3. The molecule has 3 aliphatic rings. The molecule has 2 heteroatoms. The van der Waals surface area contributed by atoms with Crippen molar-refractivity contribution >= 4 is 0 Å². The van der Waals surface area contributed by atoms with Gasteiger partial charge in [-0.25, -0.2) is 0 Å². The smallest absolute Gasteiger partial charge is 0.0685 e. The van der Waals surface area contributed by atoms with Crippen molar-refractivity contribution < 1.29 is 4.74 Å². The van der Waals surface area contributed by atoms with Crippen LogP contribution in [0.2, 0.25) is 0 Å². The molecule has 0 amide bonds. The highest BCUT2D eigenvalue weighted by Crippen LogP contribution is 2.44. The molecule has 20 heavy (non-hydrogen) atoms. The molecule has 2 unspecified atom stereocenters. The van der Waals surface area contributed by atoms with E-state index in [2.05, 4.69) is 12.2 Å². The fourth-order valence-electron chi connectivity index (χ4n) is 5.19. The second kappa shape index (κ2) is 6.79. The van der Waals surface area contributed by atoms with E-state index >= 15 is 0 Å². The molecule has 116 valence electrons. The van der Waals surface area contributed by atoms with Gasteiger partial charge in [0.25, 0.3) is 0 Å². The van der Waals surface area contributed by atoms with Crippen molar-refractivity contribution in [2.24, 2.45) is 11.8 Å². The van der Waals surface area contributed by atoms with Crippen molar-refractivity contribution in [3.63, 3.8) is 0 Å². The van der Waals surface area contributed by atoms with Crippen LogP contribution in [0.3, 0.4) is 0 Å². The average Bonchev–Trinajstić information content (AvgIpc) is 2.99. The maximum Gasteiger partial charge on any atom is 0.0685 e. The number of rotatable bonds is 4. The monoisotopic (exact) mass is 279 g/mol. The third-order valence-corrected chi connectivity index (χ3v) is 6.15. The highest BCUT2D eigenvalue weighted by Gasteiger charge is 2.42. The molecule has 0 aromatic heterocycles. The summed E-state index contributed by atoms with van der Waals surface area (Å²) in [6.45, 7) is 4.42. The summed E-state index contributed by atoms with van der Waals surface area (Å²) in [7, 11) is 0. The summed E-state index contributed by atoms with van der Waals surface area (Å²) >= 11 is 0. The maximum atomic E-state index is 6.30. The van der Waals surface area contributed by atoms with Crippen molar-refractivity contribution in [1.82, 2.24) is 5.32 Å². The molecule has 0 radical (unpaired) electrons. The number of nitrogens with one attached hydrogen (secondary N) is 1. The lowest BCUT2D eigenvalue weighted by atomic mass is 9.72. The van der Waals surface area contributed by atoms with Crippen LogP contribution in [0, 0.1) is 11.8 Å². The minimum Gasteiger partial charge on any atom is -0.375 e. The van der Waals surface area contributed by atoms with Crippen LogP contribution in [0.15, 0.2) is 0 Å². The van der Waals surface area contributed by atoms with Gasteiger partial charge in [-0.05, 0) is 56.9 Å². The molecule has 0 aromatic carbocycles. The Kier molecular flexibility index (Phi) is 5.04. The zero-order chi connectivity index (χ0) is 13.8. The van der Waals surface area contributed by atoms with E-state index in [1.807, 2.05) is 0 Å². The van der Waals surface area contributed by atoms with Crippen LogP contribution in [0.1, 0.15) is 77.6 Å². The van der Waals surface area contributed by atoms with E-state index in [9.17, 15) is 0 Å². The number of hydrogen-bond acceptors (Lipinski definition) is 2. The summed E-state index contributed by atoms with van der Waals surface area (Å²) in [5.74, 6) is 1.81. The van der Waals surface area contributed by atoms with Crippen molar-refractivity contribution in [3.05, 3.63) is 0 Å². The Balaban J connectivity index is 1.66. The van der Waals surface area contributed by atoms with E-state index in [0.29, 0.717) is 0 Å². The van der Waals surface area contributed by atoms with Gasteiger partial charge in [-0.15, -0.1) is 0 Å². The molecule has 3 rings (SSSR count). The van der Waals surface area contributed by atoms with Gasteiger partial charge in [0, 0.05) is 12.6 Å². The lowest BCUT2D eigenvalue weighted by molar-refractivity contribution is -0.124. The molecule has 1 aliphatic heterocycles. The van der Waals surface area contributed by atoms with Gasteiger partial charge in [-0.2, -0.15) is 0 Å². The topological polar surface area (TPSA) is 21.3 Å². The highest BCUT2D eigenvalue weighted by molar-refractivity contribution is 4.95. The van der Waals surface area contributed by atoms with Crippen LogP contribution in [-0.2, 0) is 4.74 Å². The quantitative estimate of drug-likeness (QED) is 0.829. The third-order valence-electron chi connectivity index (χ3n) is 6.15. The van der Waals surface area contributed by atoms with Crippen LogP contribution in [0.5, 0.6) is 0 Å². The van der Waals surface area contributed by atoms with Crippen LogP contribution in [0.25, 0.3) is 0 Å². The molecule has 1 heterocycles. The minimum atomic E-state index is 0.271. The van der Waals surface area contributed by atoms with E-state index in [4.69, 9.17) is 4.74 Å². The largest absolute Gasteiger partial charge is 0.375 e. The molecule has 0 bridgehead atoms. The molecule has 1 spiro atoms. The van der Waals surface area contributed by atoms with Crippen molar-refractivity contribution in [3.8, 4) is 0 Å². The fourth-order valence-corrected chi connectivity index (χ4v) is 5.19. The molecule has 2 nitrogen and oxygen atoms in total. The Hall–Kier alpha value is -0.0800. The standard InChI is InChI=1S/C18H33NO/c1-2-19-17(15-8-4-5-9-15)16-10-13-20-18(14-16)11-6-3-7-12-18/h15-17,19H,2-14H2,1H3. The molecular weight excluding hydrogens is 246 g/mol. The van der Waals surface area contributed by atoms with E-state index in [1.165, 1.54) is 70.6 Å². The minimum absolute atomic E-state index is 0.271. The molecule has 1 saturated heterocycles. The summed E-state index contributed by atoms with van der Waals surface area (Å²) in [4.78, 5) is 0. The second-order valence-electron chi connectivity index (χ2n) is 7.47. The van der Waals surface area contributed by atoms with E-state index < -0.39 is 0 Å². The molecule has 2 atom stereocenters. The summed E-state index contributed by atoms with van der Waals surface area (Å²) in [5.41, 5.74) is 0.271. The molecule has 0 aromatic rings. The summed E-state index contributed by atoms with van der Waals surface area (Å²) in [6.07, 6.45) is 15.3. The molecule has 2 saturated carbocycles. The van der Waals surface area contributed by atoms with Crippen LogP contribution in [0.4, 0.5) is 0 Å². The van der Waals surface area contributed by atoms with Gasteiger partial charge in [0.2, 0.25) is 0 Å². The first-order valence-corrected chi connectivity index (χ1v) is 9.20. The van der Waals surface area contributed by atoms with Gasteiger partial charge in [0.1, 0.15) is 0 Å². The predicted octanol–water partition coefficient (Wildman–Crippen LogP) is 4.28. The Bertz CT molecular complexity index is 286. The SMILES string of the molecule is CCNC(C1CCCC1)C1CCOC2(CCCCC2)C1. The Labute approximate surface area is 125 Å². The van der Waals surface area contributed by atoms with Crippen LogP contribution < -0.4 is 5.32 Å². The van der Waals surface area contributed by atoms with Gasteiger partial charge in [-0.1, -0.05) is 39.0 Å². The maximum absolute atomic E-state index is 6.30. The van der Waals surface area contributed by atoms with E-state index in [1.54, 1.807) is 0 Å². The van der Waals surface area contributed by atoms with E-state index in [-0.39, 0.29) is 5.60 Å². The Morgan fingerprint density at radius 3 is 2.45 bits per heavy atom. The summed E-state index contributed by atoms with van der Waals surface area (Å²) in [6, 6.07) is 0.769. The first kappa shape index (κ1) is 14.8. The molecular formula is C18H33NO. The first-order valence-electron chi connectivity index (χ1n) is 9.20. The van der Waals surface area contributed by atoms with Gasteiger partial charge in [0.05, 0.1) is 5.60 Å². The van der Waals surface area contributed by atoms with Crippen LogP contribution >= 0.6 is 0 Å².